The monoisotopic (exact) mass is 179 g/mol. The Morgan fingerprint density at radius 2 is 2.27 bits per heavy atom. The minimum Gasteiger partial charge on any atom is -0.480 e. The Morgan fingerprint density at radius 3 is 2.55 bits per heavy atom. The van der Waals surface area contributed by atoms with Gasteiger partial charge in [0.2, 0.25) is 0 Å². The molecule has 64 valence electrons. The molecule has 0 saturated heterocycles. The number of rotatable bonds is 4. The van der Waals surface area contributed by atoms with Crippen LogP contribution in [-0.4, -0.2) is 30.2 Å². The van der Waals surface area contributed by atoms with Gasteiger partial charge in [-0.2, -0.15) is 0 Å². The third-order valence-electron chi connectivity index (χ3n) is 1.10. The molecule has 0 aromatic carbocycles. The van der Waals surface area contributed by atoms with Gasteiger partial charge in [-0.1, -0.05) is 9.39 Å². The summed E-state index contributed by atoms with van der Waals surface area (Å²) in [6.07, 6.45) is -0.171. The summed E-state index contributed by atoms with van der Waals surface area (Å²) >= 11 is 0. The molecule has 0 rings (SSSR count). The predicted octanol–water partition coefficient (Wildman–Crippen LogP) is -0.618. The molecular weight excluding hydrogens is 169 g/mol. The highest BCUT2D eigenvalue weighted by Crippen LogP contribution is 1.96. The van der Waals surface area contributed by atoms with E-state index in [0.717, 1.165) is 0 Å². The molecule has 2 unspecified atom stereocenters. The van der Waals surface area contributed by atoms with Crippen molar-refractivity contribution in [2.75, 3.05) is 7.11 Å². The van der Waals surface area contributed by atoms with Gasteiger partial charge >= 0.3 is 11.9 Å². The summed E-state index contributed by atoms with van der Waals surface area (Å²) in [6.45, 7) is 0. The van der Waals surface area contributed by atoms with Crippen LogP contribution < -0.4 is 5.09 Å². The summed E-state index contributed by atoms with van der Waals surface area (Å²) in [5, 5.41) is 10.8. The lowest BCUT2D eigenvalue weighted by molar-refractivity contribution is -0.147. The molecule has 0 spiro atoms. The zero-order valence-electron chi connectivity index (χ0n) is 6.03. The van der Waals surface area contributed by atoms with Gasteiger partial charge in [0.05, 0.1) is 13.5 Å². The molecule has 0 fully saturated rings. The first kappa shape index (κ1) is 10.3. The van der Waals surface area contributed by atoms with Crippen molar-refractivity contribution in [1.82, 2.24) is 5.09 Å². The summed E-state index contributed by atoms with van der Waals surface area (Å²) in [7, 11) is 3.25. The Hall–Kier alpha value is -0.670. The molecule has 5 nitrogen and oxygen atoms in total. The molecule has 2 atom stereocenters. The molecule has 0 amide bonds. The van der Waals surface area contributed by atoms with Crippen molar-refractivity contribution in [3.63, 3.8) is 0 Å². The van der Waals surface area contributed by atoms with Gasteiger partial charge in [-0.15, -0.1) is 0 Å². The lowest BCUT2D eigenvalue weighted by Gasteiger charge is -2.07. The molecule has 6 heteroatoms. The highest BCUT2D eigenvalue weighted by Gasteiger charge is 2.18. The van der Waals surface area contributed by atoms with E-state index in [1.165, 1.54) is 7.11 Å². The highest BCUT2D eigenvalue weighted by atomic mass is 31.0. The molecule has 0 aliphatic carbocycles. The largest absolute Gasteiger partial charge is 0.480 e. The maximum atomic E-state index is 10.6. The van der Waals surface area contributed by atoms with Crippen LogP contribution in [0.3, 0.4) is 0 Å². The number of hydrogen-bond donors (Lipinski definition) is 2. The molecule has 11 heavy (non-hydrogen) atoms. The normalized spacial score (nSPS) is 12.2. The van der Waals surface area contributed by atoms with E-state index in [4.69, 9.17) is 5.11 Å². The first-order valence-electron chi connectivity index (χ1n) is 2.87. The fourth-order valence-electron chi connectivity index (χ4n) is 0.468. The predicted molar refractivity (Wildman–Crippen MR) is 40.9 cm³/mol. The van der Waals surface area contributed by atoms with Crippen LogP contribution in [0.4, 0.5) is 0 Å². The summed E-state index contributed by atoms with van der Waals surface area (Å²) in [6, 6.07) is -0.896. The molecule has 0 bridgehead atoms. The number of ether oxygens (including phenoxy) is 1. The second-order valence-corrected chi connectivity index (χ2v) is 2.17. The van der Waals surface area contributed by atoms with E-state index in [0.29, 0.717) is 0 Å². The quantitative estimate of drug-likeness (QED) is 0.444. The van der Waals surface area contributed by atoms with E-state index in [2.05, 4.69) is 9.82 Å². The van der Waals surface area contributed by atoms with Crippen LogP contribution in [-0.2, 0) is 14.3 Å². The minimum atomic E-state index is -1.08. The second-order valence-electron chi connectivity index (χ2n) is 1.84. The SMILES string of the molecule is COC(=O)CC(NP)C(=O)O. The molecule has 0 radical (unpaired) electrons. The van der Waals surface area contributed by atoms with E-state index in [9.17, 15) is 9.59 Å². The van der Waals surface area contributed by atoms with Crippen molar-refractivity contribution >= 4 is 21.3 Å². The van der Waals surface area contributed by atoms with Gasteiger partial charge in [-0.25, -0.2) is 0 Å². The van der Waals surface area contributed by atoms with E-state index in [1.807, 2.05) is 9.39 Å². The molecule has 0 aromatic heterocycles. The van der Waals surface area contributed by atoms with Crippen molar-refractivity contribution in [2.24, 2.45) is 0 Å². The van der Waals surface area contributed by atoms with Crippen LogP contribution in [0.5, 0.6) is 0 Å². The Labute approximate surface area is 66.4 Å². The summed E-state index contributed by atoms with van der Waals surface area (Å²) in [5.41, 5.74) is 0. The van der Waals surface area contributed by atoms with Gasteiger partial charge in [0, 0.05) is 0 Å². The summed E-state index contributed by atoms with van der Waals surface area (Å²) < 4.78 is 4.28. The highest BCUT2D eigenvalue weighted by molar-refractivity contribution is 7.13. The van der Waals surface area contributed by atoms with Gasteiger partial charge in [-0.3, -0.25) is 14.7 Å². The molecular formula is C5H10NO4P. The average Bonchev–Trinajstić information content (AvgIpc) is 1.99. The zero-order valence-corrected chi connectivity index (χ0v) is 7.19. The number of carbonyl (C=O) groups excluding carboxylic acids is 1. The van der Waals surface area contributed by atoms with E-state index in [1.54, 1.807) is 0 Å². The first-order chi connectivity index (χ1) is 5.11. The fraction of sp³-hybridized carbons (Fsp3) is 0.600. The summed E-state index contributed by atoms with van der Waals surface area (Å²) in [4.78, 5) is 20.8. The van der Waals surface area contributed by atoms with Gasteiger partial charge in [0.15, 0.2) is 0 Å². The molecule has 0 saturated carbocycles. The van der Waals surface area contributed by atoms with Crippen LogP contribution >= 0.6 is 9.39 Å². The number of carbonyl (C=O) groups is 2. The Morgan fingerprint density at radius 1 is 1.73 bits per heavy atom. The lowest BCUT2D eigenvalue weighted by Crippen LogP contribution is -2.32. The minimum absolute atomic E-state index is 0.171. The topological polar surface area (TPSA) is 75.6 Å². The Kier molecular flexibility index (Phi) is 4.74. The van der Waals surface area contributed by atoms with Crippen LogP contribution in [0.1, 0.15) is 6.42 Å². The standard InChI is InChI=1S/C5H10NO4P/c1-10-4(7)2-3(6-11)5(8)9/h3,6H,2,11H2,1H3,(H,8,9). The average molecular weight is 179 g/mol. The molecule has 0 aliphatic rings. The lowest BCUT2D eigenvalue weighted by atomic mass is 10.2. The Balaban J connectivity index is 3.88. The van der Waals surface area contributed by atoms with Crippen LogP contribution in [0.25, 0.3) is 0 Å². The van der Waals surface area contributed by atoms with E-state index < -0.39 is 18.0 Å². The van der Waals surface area contributed by atoms with Gasteiger partial charge in [0.25, 0.3) is 0 Å². The molecule has 2 N–H and O–H groups in total. The molecule has 0 aliphatic heterocycles. The number of esters is 1. The van der Waals surface area contributed by atoms with Crippen LogP contribution in [0.2, 0.25) is 0 Å². The zero-order chi connectivity index (χ0) is 8.85. The first-order valence-corrected chi connectivity index (χ1v) is 3.45. The van der Waals surface area contributed by atoms with Crippen LogP contribution in [0.15, 0.2) is 0 Å². The van der Waals surface area contributed by atoms with E-state index in [-0.39, 0.29) is 6.42 Å². The second kappa shape index (κ2) is 5.04. The smallest absolute Gasteiger partial charge is 0.321 e. The maximum absolute atomic E-state index is 10.6. The van der Waals surface area contributed by atoms with Crippen molar-refractivity contribution in [3.8, 4) is 0 Å². The number of carboxylic acids is 1. The van der Waals surface area contributed by atoms with E-state index >= 15 is 0 Å². The van der Waals surface area contributed by atoms with Crippen molar-refractivity contribution in [3.05, 3.63) is 0 Å². The fourth-order valence-corrected chi connectivity index (χ4v) is 0.728. The number of carboxylic acid groups (broad SMARTS) is 1. The third-order valence-corrected chi connectivity index (χ3v) is 1.50. The van der Waals surface area contributed by atoms with Crippen molar-refractivity contribution in [1.29, 1.82) is 0 Å². The number of methoxy groups -OCH3 is 1. The summed E-state index contributed by atoms with van der Waals surface area (Å²) in [5.74, 6) is -1.63. The Bertz CT molecular complexity index is 161. The van der Waals surface area contributed by atoms with Crippen molar-refractivity contribution in [2.45, 2.75) is 12.5 Å². The van der Waals surface area contributed by atoms with Gasteiger partial charge in [-0.05, 0) is 0 Å². The van der Waals surface area contributed by atoms with Crippen molar-refractivity contribution < 1.29 is 19.4 Å². The number of aliphatic carboxylic acids is 1. The molecule has 0 heterocycles. The number of hydrogen-bond acceptors (Lipinski definition) is 4. The molecule has 0 aromatic rings. The van der Waals surface area contributed by atoms with Crippen LogP contribution in [0, 0.1) is 0 Å². The van der Waals surface area contributed by atoms with Gasteiger partial charge in [0.1, 0.15) is 6.04 Å². The number of nitrogens with one attached hydrogen (secondary N) is 1. The maximum Gasteiger partial charge on any atom is 0.321 e. The third kappa shape index (κ3) is 3.91. The van der Waals surface area contributed by atoms with Gasteiger partial charge < -0.3 is 9.84 Å².